The fraction of sp³-hybridized carbons (Fsp3) is 0.333. The van der Waals surface area contributed by atoms with Crippen molar-refractivity contribution in [1.82, 2.24) is 10.6 Å². The number of nitrogens with one attached hydrogen (secondary N) is 3. The van der Waals surface area contributed by atoms with Crippen molar-refractivity contribution in [3.63, 3.8) is 0 Å². The van der Waals surface area contributed by atoms with Crippen molar-refractivity contribution >= 4 is 41.5 Å². The Balaban J connectivity index is 0.00000300. The summed E-state index contributed by atoms with van der Waals surface area (Å²) in [6.45, 7) is 3.59. The highest BCUT2D eigenvalue weighted by atomic mass is 127. The van der Waals surface area contributed by atoms with E-state index in [1.165, 1.54) is 13.2 Å². The summed E-state index contributed by atoms with van der Waals surface area (Å²) in [4.78, 5) is 16.5. The van der Waals surface area contributed by atoms with Crippen LogP contribution in [0, 0.1) is 5.82 Å². The van der Waals surface area contributed by atoms with Crippen LogP contribution in [0.4, 0.5) is 10.1 Å². The monoisotopic (exact) mass is 512 g/mol. The van der Waals surface area contributed by atoms with Gasteiger partial charge in [-0.2, -0.15) is 0 Å². The molecule has 1 unspecified atom stereocenters. The number of fused-ring (bicyclic) bond motifs is 1. The summed E-state index contributed by atoms with van der Waals surface area (Å²) in [6.07, 6.45) is 0.424. The average molecular weight is 512 g/mol. The molecule has 0 saturated heterocycles. The zero-order chi connectivity index (χ0) is 19.9. The lowest BCUT2D eigenvalue weighted by Gasteiger charge is -2.26. The van der Waals surface area contributed by atoms with Crippen LogP contribution < -0.4 is 20.7 Å². The Morgan fingerprint density at radius 2 is 2.07 bits per heavy atom. The first-order valence-electron chi connectivity index (χ1n) is 9.34. The van der Waals surface area contributed by atoms with E-state index >= 15 is 0 Å². The SMILES string of the molecule is CCNC(=NCc1ccc(OC)c(F)c1)NCC1CC(=O)Nc2ccccc21.I. The number of hydrogen-bond acceptors (Lipinski definition) is 3. The van der Waals surface area contributed by atoms with Gasteiger partial charge in [0.2, 0.25) is 5.91 Å². The third-order valence-electron chi connectivity index (χ3n) is 4.60. The zero-order valence-electron chi connectivity index (χ0n) is 16.5. The normalized spacial score (nSPS) is 15.6. The second-order valence-electron chi connectivity index (χ2n) is 6.58. The summed E-state index contributed by atoms with van der Waals surface area (Å²) >= 11 is 0. The standard InChI is InChI=1S/C21H25FN4O2.HI/c1-3-23-21(24-12-14-8-9-19(28-2)17(22)10-14)25-13-15-11-20(27)26-18-7-5-4-6-16(15)18;/h4-10,15H,3,11-13H2,1-2H3,(H,26,27)(H2,23,24,25);1H. The van der Waals surface area contributed by atoms with Crippen molar-refractivity contribution in [3.05, 3.63) is 59.4 Å². The average Bonchev–Trinajstić information content (AvgIpc) is 2.69. The van der Waals surface area contributed by atoms with Crippen molar-refractivity contribution in [1.29, 1.82) is 0 Å². The molecular formula is C21H26FIN4O2. The van der Waals surface area contributed by atoms with Crippen molar-refractivity contribution < 1.29 is 13.9 Å². The molecule has 0 aliphatic carbocycles. The maximum atomic E-state index is 13.8. The van der Waals surface area contributed by atoms with E-state index in [9.17, 15) is 9.18 Å². The van der Waals surface area contributed by atoms with Gasteiger partial charge in [0.1, 0.15) is 0 Å². The highest BCUT2D eigenvalue weighted by molar-refractivity contribution is 14.0. The van der Waals surface area contributed by atoms with Crippen molar-refractivity contribution in [2.75, 3.05) is 25.5 Å². The zero-order valence-corrected chi connectivity index (χ0v) is 18.8. The number of nitrogens with zero attached hydrogens (tertiary/aromatic N) is 1. The Bertz CT molecular complexity index is 876. The number of guanidine groups is 1. The summed E-state index contributed by atoms with van der Waals surface area (Å²) in [5, 5.41) is 9.39. The molecule has 2 aromatic carbocycles. The van der Waals surface area contributed by atoms with Crippen LogP contribution in [0.3, 0.4) is 0 Å². The van der Waals surface area contributed by atoms with Crippen LogP contribution in [-0.2, 0) is 11.3 Å². The maximum absolute atomic E-state index is 13.8. The number of hydrogen-bond donors (Lipinski definition) is 3. The smallest absolute Gasteiger partial charge is 0.225 e. The third kappa shape index (κ3) is 6.06. The third-order valence-corrected chi connectivity index (χ3v) is 4.60. The maximum Gasteiger partial charge on any atom is 0.225 e. The number of methoxy groups -OCH3 is 1. The van der Waals surface area contributed by atoms with E-state index in [2.05, 4.69) is 20.9 Å². The molecule has 1 aliphatic heterocycles. The van der Waals surface area contributed by atoms with Gasteiger partial charge >= 0.3 is 0 Å². The first-order valence-corrected chi connectivity index (χ1v) is 9.34. The highest BCUT2D eigenvalue weighted by Crippen LogP contribution is 2.31. The number of amides is 1. The number of carbonyl (C=O) groups excluding carboxylic acids is 1. The van der Waals surface area contributed by atoms with Gasteiger partial charge in [-0.15, -0.1) is 24.0 Å². The van der Waals surface area contributed by atoms with Gasteiger partial charge in [0.15, 0.2) is 17.5 Å². The van der Waals surface area contributed by atoms with Gasteiger partial charge < -0.3 is 20.7 Å². The molecule has 1 aliphatic rings. The lowest BCUT2D eigenvalue weighted by atomic mass is 9.90. The molecule has 0 bridgehead atoms. The molecule has 1 amide bonds. The summed E-state index contributed by atoms with van der Waals surface area (Å²) in [6, 6.07) is 12.6. The molecule has 2 aromatic rings. The van der Waals surface area contributed by atoms with Gasteiger partial charge in [0, 0.05) is 31.1 Å². The van der Waals surface area contributed by atoms with Gasteiger partial charge in [-0.25, -0.2) is 9.38 Å². The lowest BCUT2D eigenvalue weighted by Crippen LogP contribution is -2.40. The van der Waals surface area contributed by atoms with Crippen molar-refractivity contribution in [2.24, 2.45) is 4.99 Å². The Labute approximate surface area is 187 Å². The molecule has 0 saturated carbocycles. The number of rotatable bonds is 6. The quantitative estimate of drug-likeness (QED) is 0.314. The summed E-state index contributed by atoms with van der Waals surface area (Å²) in [5.41, 5.74) is 2.72. The molecule has 6 nitrogen and oxygen atoms in total. The first kappa shape index (κ1) is 22.9. The first-order chi connectivity index (χ1) is 13.6. The minimum Gasteiger partial charge on any atom is -0.494 e. The van der Waals surface area contributed by atoms with Gasteiger partial charge in [0.25, 0.3) is 0 Å². The summed E-state index contributed by atoms with van der Waals surface area (Å²) < 4.78 is 18.8. The molecule has 8 heteroatoms. The molecule has 0 radical (unpaired) electrons. The number of anilines is 1. The number of benzene rings is 2. The topological polar surface area (TPSA) is 74.8 Å². The molecule has 0 aromatic heterocycles. The second-order valence-corrected chi connectivity index (χ2v) is 6.58. The fourth-order valence-electron chi connectivity index (χ4n) is 3.22. The Kier molecular flexibility index (Phi) is 8.69. The van der Waals surface area contributed by atoms with Gasteiger partial charge in [-0.3, -0.25) is 4.79 Å². The Morgan fingerprint density at radius 1 is 1.28 bits per heavy atom. The van der Waals surface area contributed by atoms with Crippen LogP contribution in [0.1, 0.15) is 30.4 Å². The van der Waals surface area contributed by atoms with Gasteiger partial charge in [-0.05, 0) is 36.2 Å². The second kappa shape index (κ2) is 11.0. The van der Waals surface area contributed by atoms with Crippen molar-refractivity contribution in [2.45, 2.75) is 25.8 Å². The van der Waals surface area contributed by atoms with Gasteiger partial charge in [-0.1, -0.05) is 24.3 Å². The summed E-state index contributed by atoms with van der Waals surface area (Å²) in [7, 11) is 1.44. The lowest BCUT2D eigenvalue weighted by molar-refractivity contribution is -0.116. The molecule has 1 atom stereocenters. The Hall–Kier alpha value is -2.36. The number of para-hydroxylation sites is 1. The molecular weight excluding hydrogens is 486 g/mol. The molecule has 3 rings (SSSR count). The van der Waals surface area contributed by atoms with Crippen molar-refractivity contribution in [3.8, 4) is 5.75 Å². The predicted molar refractivity (Wildman–Crippen MR) is 124 cm³/mol. The van der Waals surface area contributed by atoms with Crippen LogP contribution in [0.2, 0.25) is 0 Å². The molecule has 0 fully saturated rings. The largest absolute Gasteiger partial charge is 0.494 e. The molecule has 29 heavy (non-hydrogen) atoms. The number of ether oxygens (including phenoxy) is 1. The van der Waals surface area contributed by atoms with E-state index < -0.39 is 5.82 Å². The molecule has 156 valence electrons. The van der Waals surface area contributed by atoms with E-state index in [-0.39, 0.29) is 41.6 Å². The van der Waals surface area contributed by atoms with E-state index in [4.69, 9.17) is 4.74 Å². The predicted octanol–water partition coefficient (Wildman–Crippen LogP) is 3.63. The van der Waals surface area contributed by atoms with E-state index in [0.29, 0.717) is 32.0 Å². The number of carbonyl (C=O) groups is 1. The van der Waals surface area contributed by atoms with Crippen LogP contribution in [-0.4, -0.2) is 32.1 Å². The van der Waals surface area contributed by atoms with Crippen LogP contribution in [0.15, 0.2) is 47.5 Å². The number of aliphatic imine (C=N–C) groups is 1. The number of halogens is 2. The van der Waals surface area contributed by atoms with Crippen LogP contribution in [0.25, 0.3) is 0 Å². The van der Waals surface area contributed by atoms with E-state index in [1.54, 1.807) is 12.1 Å². The van der Waals surface area contributed by atoms with Crippen LogP contribution >= 0.6 is 24.0 Å². The molecule has 0 spiro atoms. The summed E-state index contributed by atoms with van der Waals surface area (Å²) in [5.74, 6) is 0.514. The Morgan fingerprint density at radius 3 is 2.79 bits per heavy atom. The van der Waals surface area contributed by atoms with Gasteiger partial charge in [0.05, 0.1) is 13.7 Å². The van der Waals surface area contributed by atoms with E-state index in [1.807, 2.05) is 31.2 Å². The molecule has 3 N–H and O–H groups in total. The highest BCUT2D eigenvalue weighted by Gasteiger charge is 2.24. The fourth-order valence-corrected chi connectivity index (χ4v) is 3.22. The minimum atomic E-state index is -0.405. The van der Waals surface area contributed by atoms with E-state index in [0.717, 1.165) is 16.8 Å². The minimum absolute atomic E-state index is 0. The van der Waals surface area contributed by atoms with Crippen LogP contribution in [0.5, 0.6) is 5.75 Å². The molecule has 1 heterocycles.